The molecule has 1 aliphatic heterocycles. The monoisotopic (exact) mass is 503 g/mol. The molecule has 2 aliphatic rings. The number of alkyl carbamates (subject to hydrolysis) is 1. The Morgan fingerprint density at radius 1 is 1.21 bits per heavy atom. The number of urea groups is 1. The van der Waals surface area contributed by atoms with Gasteiger partial charge in [0, 0.05) is 31.5 Å². The number of halogens is 4. The van der Waals surface area contributed by atoms with Gasteiger partial charge in [-0.3, -0.25) is 0 Å². The lowest BCUT2D eigenvalue weighted by Gasteiger charge is -2.37. The molecular weight excluding hydrogens is 471 g/mol. The first-order valence-corrected chi connectivity index (χ1v) is 12.1. The Morgan fingerprint density at radius 3 is 2.41 bits per heavy atom. The number of alkyl halides is 1. The number of carbonyl (C=O) groups is 2. The van der Waals surface area contributed by atoms with Gasteiger partial charge in [-0.05, 0) is 51.7 Å². The van der Waals surface area contributed by atoms with E-state index in [0.717, 1.165) is 37.8 Å². The fourth-order valence-corrected chi connectivity index (χ4v) is 4.77. The van der Waals surface area contributed by atoms with Crippen molar-refractivity contribution in [3.63, 3.8) is 0 Å². The summed E-state index contributed by atoms with van der Waals surface area (Å²) in [5.74, 6) is -1.74. The molecule has 2 N–H and O–H groups in total. The smallest absolute Gasteiger partial charge is 0.407 e. The predicted molar refractivity (Wildman–Crippen MR) is 123 cm³/mol. The van der Waals surface area contributed by atoms with Gasteiger partial charge in [0.25, 0.3) is 0 Å². The summed E-state index contributed by atoms with van der Waals surface area (Å²) in [5.41, 5.74) is -2.59. The average Bonchev–Trinajstić information content (AvgIpc) is 3.28. The maximum absolute atomic E-state index is 15.2. The number of nitrogens with zero attached hydrogens (tertiary/aromatic N) is 1. The molecule has 1 aromatic rings. The van der Waals surface area contributed by atoms with Gasteiger partial charge in [-0.2, -0.15) is 0 Å². The van der Waals surface area contributed by atoms with Gasteiger partial charge in [-0.15, -0.1) is 0 Å². The molecule has 1 saturated heterocycles. The van der Waals surface area contributed by atoms with Crippen LogP contribution in [0.3, 0.4) is 0 Å². The van der Waals surface area contributed by atoms with E-state index in [1.165, 1.54) is 4.90 Å². The molecule has 1 aliphatic carbocycles. The van der Waals surface area contributed by atoms with Crippen LogP contribution >= 0.6 is 11.6 Å². The first-order chi connectivity index (χ1) is 15.9. The summed E-state index contributed by atoms with van der Waals surface area (Å²) in [5, 5.41) is 5.04. The molecule has 1 heterocycles. The molecule has 1 saturated carbocycles. The van der Waals surface area contributed by atoms with Crippen LogP contribution in [0.1, 0.15) is 70.9 Å². The van der Waals surface area contributed by atoms with Gasteiger partial charge in [-0.1, -0.05) is 24.4 Å². The number of likely N-dealkylation sites (tertiary alicyclic amines) is 1. The molecule has 2 fully saturated rings. The molecule has 0 spiro atoms. The largest absolute Gasteiger partial charge is 0.444 e. The van der Waals surface area contributed by atoms with Crippen molar-refractivity contribution in [2.75, 3.05) is 19.6 Å². The number of carbonyl (C=O) groups excluding carboxylic acids is 2. The maximum Gasteiger partial charge on any atom is 0.407 e. The molecule has 10 heteroatoms. The number of hydrogen-bond donors (Lipinski definition) is 2. The van der Waals surface area contributed by atoms with E-state index in [2.05, 4.69) is 10.6 Å². The minimum absolute atomic E-state index is 0.0181. The van der Waals surface area contributed by atoms with E-state index in [1.807, 2.05) is 0 Å². The summed E-state index contributed by atoms with van der Waals surface area (Å²) in [6.07, 6.45) is 2.64. The van der Waals surface area contributed by atoms with Crippen molar-refractivity contribution in [1.29, 1.82) is 0 Å². The molecule has 0 bridgehead atoms. The van der Waals surface area contributed by atoms with E-state index in [-0.39, 0.29) is 49.0 Å². The van der Waals surface area contributed by atoms with Crippen LogP contribution < -0.4 is 10.6 Å². The van der Waals surface area contributed by atoms with E-state index >= 15 is 4.39 Å². The van der Waals surface area contributed by atoms with E-state index in [9.17, 15) is 18.4 Å². The van der Waals surface area contributed by atoms with Crippen molar-refractivity contribution >= 4 is 23.7 Å². The maximum atomic E-state index is 15.2. The zero-order chi connectivity index (χ0) is 25.1. The van der Waals surface area contributed by atoms with Crippen molar-refractivity contribution in [3.05, 3.63) is 34.4 Å². The van der Waals surface area contributed by atoms with Crippen LogP contribution in [0.4, 0.5) is 22.8 Å². The summed E-state index contributed by atoms with van der Waals surface area (Å²) in [4.78, 5) is 26.3. The van der Waals surface area contributed by atoms with Crippen molar-refractivity contribution in [2.24, 2.45) is 5.92 Å². The van der Waals surface area contributed by atoms with Gasteiger partial charge in [0.2, 0.25) is 0 Å². The SMILES string of the molecule is CC(C)(C)OC(=O)NCC1(F)CCN(C(=O)N[C@H](c2c(F)ccc(Cl)c2F)C2CCCC2)CC1. The van der Waals surface area contributed by atoms with Crippen LogP contribution in [0, 0.1) is 17.6 Å². The normalized spacial score (nSPS) is 19.6. The predicted octanol–water partition coefficient (Wildman–Crippen LogP) is 5.89. The third-order valence-electron chi connectivity index (χ3n) is 6.44. The van der Waals surface area contributed by atoms with Crippen LogP contribution in [0.5, 0.6) is 0 Å². The zero-order valence-electron chi connectivity index (χ0n) is 19.9. The van der Waals surface area contributed by atoms with Crippen molar-refractivity contribution in [3.8, 4) is 0 Å². The van der Waals surface area contributed by atoms with Crippen LogP contribution in [0.25, 0.3) is 0 Å². The minimum atomic E-state index is -1.68. The number of nitrogens with one attached hydrogen (secondary N) is 2. The van der Waals surface area contributed by atoms with Crippen LogP contribution in [-0.2, 0) is 4.74 Å². The lowest BCUT2D eigenvalue weighted by molar-refractivity contribution is 0.0383. The molecule has 190 valence electrons. The third kappa shape index (κ3) is 6.71. The highest BCUT2D eigenvalue weighted by Crippen LogP contribution is 2.39. The highest BCUT2D eigenvalue weighted by Gasteiger charge is 2.39. The Labute approximate surface area is 203 Å². The first kappa shape index (κ1) is 26.4. The summed E-state index contributed by atoms with van der Waals surface area (Å²) in [6.45, 7) is 5.14. The summed E-state index contributed by atoms with van der Waals surface area (Å²) < 4.78 is 49.7. The molecule has 0 aromatic heterocycles. The van der Waals surface area contributed by atoms with Crippen LogP contribution in [0.15, 0.2) is 12.1 Å². The number of piperidine rings is 1. The zero-order valence-corrected chi connectivity index (χ0v) is 20.6. The molecule has 3 amide bonds. The van der Waals surface area contributed by atoms with Crippen LogP contribution in [-0.4, -0.2) is 47.9 Å². The number of rotatable bonds is 5. The first-order valence-electron chi connectivity index (χ1n) is 11.7. The Balaban J connectivity index is 1.62. The second-order valence-electron chi connectivity index (χ2n) is 10.2. The van der Waals surface area contributed by atoms with Crippen molar-refractivity contribution in [2.45, 2.75) is 76.6 Å². The molecule has 1 aromatic carbocycles. The fraction of sp³-hybridized carbons (Fsp3) is 0.667. The summed E-state index contributed by atoms with van der Waals surface area (Å²) in [7, 11) is 0. The van der Waals surface area contributed by atoms with Gasteiger partial charge >= 0.3 is 12.1 Å². The highest BCUT2D eigenvalue weighted by atomic mass is 35.5. The Bertz CT molecular complexity index is 895. The Hall–Kier alpha value is -2.16. The quantitative estimate of drug-likeness (QED) is 0.492. The van der Waals surface area contributed by atoms with Gasteiger partial charge in [0.15, 0.2) is 0 Å². The van der Waals surface area contributed by atoms with E-state index in [0.29, 0.717) is 0 Å². The molecule has 0 unspecified atom stereocenters. The lowest BCUT2D eigenvalue weighted by atomic mass is 9.90. The average molecular weight is 504 g/mol. The third-order valence-corrected chi connectivity index (χ3v) is 6.73. The molecule has 34 heavy (non-hydrogen) atoms. The highest BCUT2D eigenvalue weighted by molar-refractivity contribution is 6.30. The van der Waals surface area contributed by atoms with E-state index < -0.39 is 41.1 Å². The second kappa shape index (κ2) is 10.6. The number of benzene rings is 1. The molecule has 3 rings (SSSR count). The lowest BCUT2D eigenvalue weighted by Crippen LogP contribution is -2.53. The summed E-state index contributed by atoms with van der Waals surface area (Å²) >= 11 is 5.90. The molecule has 0 radical (unpaired) electrons. The van der Waals surface area contributed by atoms with E-state index in [4.69, 9.17) is 16.3 Å². The molecule has 1 atom stereocenters. The van der Waals surface area contributed by atoms with E-state index in [1.54, 1.807) is 20.8 Å². The second-order valence-corrected chi connectivity index (χ2v) is 10.6. The van der Waals surface area contributed by atoms with Crippen molar-refractivity contribution in [1.82, 2.24) is 15.5 Å². The number of hydrogen-bond acceptors (Lipinski definition) is 3. The molecular formula is C24H33ClF3N3O3. The molecule has 6 nitrogen and oxygen atoms in total. The van der Waals surface area contributed by atoms with Crippen molar-refractivity contribution < 1.29 is 27.5 Å². The van der Waals surface area contributed by atoms with Gasteiger partial charge in [0.05, 0.1) is 17.6 Å². The fourth-order valence-electron chi connectivity index (χ4n) is 4.60. The Morgan fingerprint density at radius 2 is 1.82 bits per heavy atom. The standard InChI is InChI=1S/C24H33ClF3N3O3/c1-23(2,3)34-22(33)29-14-24(28)10-12-31(13-11-24)21(32)30-20(15-6-4-5-7-15)18-17(26)9-8-16(25)19(18)27/h8-9,15,20H,4-7,10-14H2,1-3H3,(H,29,33)(H,30,32)/t20-/m0/s1. The number of amides is 3. The van der Waals surface area contributed by atoms with Gasteiger partial charge in [0.1, 0.15) is 22.9 Å². The van der Waals surface area contributed by atoms with Crippen LogP contribution in [0.2, 0.25) is 5.02 Å². The topological polar surface area (TPSA) is 70.7 Å². The summed E-state index contributed by atoms with van der Waals surface area (Å²) in [6, 6.07) is 0.891. The number of ether oxygens (including phenoxy) is 1. The Kier molecular flexibility index (Phi) is 8.26. The van der Waals surface area contributed by atoms with Gasteiger partial charge in [-0.25, -0.2) is 22.8 Å². The minimum Gasteiger partial charge on any atom is -0.444 e. The van der Waals surface area contributed by atoms with Gasteiger partial charge < -0.3 is 20.3 Å².